The van der Waals surface area contributed by atoms with E-state index in [1.165, 1.54) is 6.07 Å². The van der Waals surface area contributed by atoms with Gasteiger partial charge in [-0.1, -0.05) is 56.3 Å². The van der Waals surface area contributed by atoms with Crippen LogP contribution in [0.4, 0.5) is 10.1 Å². The van der Waals surface area contributed by atoms with Crippen molar-refractivity contribution in [3.8, 4) is 22.5 Å². The van der Waals surface area contributed by atoms with Crippen molar-refractivity contribution >= 4 is 22.8 Å². The van der Waals surface area contributed by atoms with Crippen molar-refractivity contribution in [3.05, 3.63) is 90.5 Å². The van der Waals surface area contributed by atoms with Crippen LogP contribution in [0, 0.1) is 5.82 Å². The highest BCUT2D eigenvalue weighted by Gasteiger charge is 2.24. The number of hydrogen-bond donors (Lipinski definition) is 3. The Bertz CT molecular complexity index is 1670. The number of fused-ring (bicyclic) bond motifs is 1. The van der Waals surface area contributed by atoms with Gasteiger partial charge in [0.1, 0.15) is 17.2 Å². The summed E-state index contributed by atoms with van der Waals surface area (Å²) in [5.74, 6) is -0.123. The van der Waals surface area contributed by atoms with Crippen LogP contribution in [0.15, 0.2) is 71.9 Å². The molecule has 0 fully saturated rings. The lowest BCUT2D eigenvalue weighted by molar-refractivity contribution is 0.0906. The predicted octanol–water partition coefficient (Wildman–Crippen LogP) is 5.64. The number of nitrogens with zero attached hydrogens (tertiary/aromatic N) is 4. The Hall–Kier alpha value is -4.86. The molecule has 9 nitrogen and oxygen atoms in total. The lowest BCUT2D eigenvalue weighted by atomic mass is 9.96. The fourth-order valence-electron chi connectivity index (χ4n) is 4.03. The molecule has 0 saturated carbocycles. The van der Waals surface area contributed by atoms with Crippen LogP contribution in [-0.4, -0.2) is 37.5 Å². The van der Waals surface area contributed by atoms with Crippen molar-refractivity contribution in [2.24, 2.45) is 0 Å². The summed E-state index contributed by atoms with van der Waals surface area (Å²) in [6, 6.07) is 14.5. The molecule has 0 aliphatic carbocycles. The molecule has 0 radical (unpaired) electrons. The maximum absolute atomic E-state index is 15.1. The minimum atomic E-state index is -0.566. The molecular weight excluding hydrogens is 497 g/mol. The van der Waals surface area contributed by atoms with E-state index >= 15 is 4.39 Å². The SMILES string of the molecule is C=CCNc1ccccc1-c1nc2c(-c3ccc(CNC(=O)c4nc(C(C)(C)C)no4)c(F)c3)ccnc2[nH]1. The third kappa shape index (κ3) is 5.40. The molecule has 5 aromatic rings. The number of rotatable bonds is 8. The zero-order valence-electron chi connectivity index (χ0n) is 21.9. The van der Waals surface area contributed by atoms with Crippen LogP contribution in [0.2, 0.25) is 0 Å². The minimum absolute atomic E-state index is 0.0367. The first kappa shape index (κ1) is 25.8. The fraction of sp³-hybridized carbons (Fsp3) is 0.207. The van der Waals surface area contributed by atoms with E-state index in [1.54, 1.807) is 30.5 Å². The largest absolute Gasteiger partial charge is 0.381 e. The third-order valence-electron chi connectivity index (χ3n) is 6.10. The van der Waals surface area contributed by atoms with E-state index in [0.717, 1.165) is 16.8 Å². The zero-order chi connectivity index (χ0) is 27.6. The summed E-state index contributed by atoms with van der Waals surface area (Å²) < 4.78 is 20.2. The second-order valence-corrected chi connectivity index (χ2v) is 10.0. The van der Waals surface area contributed by atoms with Crippen LogP contribution in [0.5, 0.6) is 0 Å². The Balaban J connectivity index is 1.37. The number of halogens is 1. The van der Waals surface area contributed by atoms with Gasteiger partial charge < -0.3 is 20.1 Å². The van der Waals surface area contributed by atoms with Gasteiger partial charge in [0, 0.05) is 47.1 Å². The van der Waals surface area contributed by atoms with Crippen molar-refractivity contribution in [2.75, 3.05) is 11.9 Å². The van der Waals surface area contributed by atoms with E-state index in [0.29, 0.717) is 40.5 Å². The highest BCUT2D eigenvalue weighted by molar-refractivity contribution is 5.92. The monoisotopic (exact) mass is 525 g/mol. The third-order valence-corrected chi connectivity index (χ3v) is 6.10. The molecule has 1 amide bonds. The number of hydrogen-bond acceptors (Lipinski definition) is 7. The van der Waals surface area contributed by atoms with Crippen LogP contribution < -0.4 is 10.6 Å². The standard InChI is InChI=1S/C29H28FN7O2/c1-5-13-31-22-9-7-6-8-20(22)24-34-23-19(12-14-32-25(23)35-24)17-10-11-18(21(30)15-17)16-33-26(38)27-36-28(37-39-27)29(2,3)4/h5-12,14-15,31H,1,13,16H2,2-4H3,(H,33,38)(H,32,34,35). The normalized spacial score (nSPS) is 11.5. The number of imidazole rings is 1. The molecule has 10 heteroatoms. The Labute approximate surface area is 224 Å². The Morgan fingerprint density at radius 2 is 1.95 bits per heavy atom. The Morgan fingerprint density at radius 1 is 1.13 bits per heavy atom. The molecule has 0 saturated heterocycles. The molecule has 3 N–H and O–H groups in total. The van der Waals surface area contributed by atoms with E-state index in [2.05, 4.69) is 37.3 Å². The molecule has 3 heterocycles. The van der Waals surface area contributed by atoms with Gasteiger partial charge in [-0.3, -0.25) is 4.79 Å². The molecule has 3 aromatic heterocycles. The Morgan fingerprint density at radius 3 is 2.69 bits per heavy atom. The molecule has 0 unspecified atom stereocenters. The number of amides is 1. The fourth-order valence-corrected chi connectivity index (χ4v) is 4.03. The maximum atomic E-state index is 15.1. The average Bonchev–Trinajstić information content (AvgIpc) is 3.59. The summed E-state index contributed by atoms with van der Waals surface area (Å²) in [7, 11) is 0. The summed E-state index contributed by atoms with van der Waals surface area (Å²) >= 11 is 0. The number of aromatic nitrogens is 5. The van der Waals surface area contributed by atoms with E-state index in [4.69, 9.17) is 9.51 Å². The molecular formula is C29H28FN7O2. The summed E-state index contributed by atoms with van der Waals surface area (Å²) in [5.41, 5.74) is 4.33. The first-order valence-corrected chi connectivity index (χ1v) is 12.4. The van der Waals surface area contributed by atoms with Crippen molar-refractivity contribution in [1.29, 1.82) is 0 Å². The molecule has 0 spiro atoms. The maximum Gasteiger partial charge on any atom is 0.315 e. The average molecular weight is 526 g/mol. The van der Waals surface area contributed by atoms with Crippen LogP contribution >= 0.6 is 0 Å². The summed E-state index contributed by atoms with van der Waals surface area (Å²) in [6.07, 6.45) is 3.44. The number of benzene rings is 2. The topological polar surface area (TPSA) is 122 Å². The predicted molar refractivity (Wildman–Crippen MR) is 148 cm³/mol. The lowest BCUT2D eigenvalue weighted by Crippen LogP contribution is -2.24. The van der Waals surface area contributed by atoms with Crippen LogP contribution in [0.25, 0.3) is 33.7 Å². The number of aromatic amines is 1. The van der Waals surface area contributed by atoms with E-state index in [-0.39, 0.29) is 17.9 Å². The molecule has 0 aliphatic heterocycles. The van der Waals surface area contributed by atoms with E-state index in [1.807, 2.05) is 45.0 Å². The van der Waals surface area contributed by atoms with Gasteiger partial charge in [0.05, 0.1) is 0 Å². The van der Waals surface area contributed by atoms with Crippen molar-refractivity contribution in [2.45, 2.75) is 32.7 Å². The van der Waals surface area contributed by atoms with Crippen LogP contribution in [-0.2, 0) is 12.0 Å². The minimum Gasteiger partial charge on any atom is -0.381 e. The highest BCUT2D eigenvalue weighted by atomic mass is 19.1. The molecule has 0 atom stereocenters. The first-order valence-electron chi connectivity index (χ1n) is 12.4. The van der Waals surface area contributed by atoms with Gasteiger partial charge in [-0.05, 0) is 29.8 Å². The van der Waals surface area contributed by atoms with Crippen LogP contribution in [0.1, 0.15) is 42.8 Å². The van der Waals surface area contributed by atoms with Gasteiger partial charge in [-0.25, -0.2) is 14.4 Å². The number of carbonyl (C=O) groups excluding carboxylic acids is 1. The van der Waals surface area contributed by atoms with Gasteiger partial charge in [0.25, 0.3) is 0 Å². The number of pyridine rings is 1. The van der Waals surface area contributed by atoms with Gasteiger partial charge in [-0.2, -0.15) is 4.98 Å². The van der Waals surface area contributed by atoms with E-state index < -0.39 is 11.7 Å². The second-order valence-electron chi connectivity index (χ2n) is 10.0. The van der Waals surface area contributed by atoms with E-state index in [9.17, 15) is 4.79 Å². The highest BCUT2D eigenvalue weighted by Crippen LogP contribution is 2.32. The van der Waals surface area contributed by atoms with Gasteiger partial charge >= 0.3 is 11.8 Å². The number of carbonyl (C=O) groups is 1. The number of H-pyrrole nitrogens is 1. The molecule has 0 bridgehead atoms. The first-order chi connectivity index (χ1) is 18.7. The molecule has 39 heavy (non-hydrogen) atoms. The molecule has 0 aliphatic rings. The number of para-hydroxylation sites is 1. The van der Waals surface area contributed by atoms with Crippen molar-refractivity contribution in [3.63, 3.8) is 0 Å². The van der Waals surface area contributed by atoms with Gasteiger partial charge in [-0.15, -0.1) is 6.58 Å². The number of anilines is 1. The quantitative estimate of drug-likeness (QED) is 0.224. The number of nitrogens with one attached hydrogen (secondary N) is 3. The molecule has 5 rings (SSSR count). The van der Waals surface area contributed by atoms with Gasteiger partial charge in [0.15, 0.2) is 11.5 Å². The Kier molecular flexibility index (Phi) is 6.93. The second kappa shape index (κ2) is 10.5. The summed E-state index contributed by atoms with van der Waals surface area (Å²) in [4.78, 5) is 29.1. The molecule has 2 aromatic carbocycles. The van der Waals surface area contributed by atoms with Crippen molar-refractivity contribution < 1.29 is 13.7 Å². The van der Waals surface area contributed by atoms with Crippen LogP contribution in [0.3, 0.4) is 0 Å². The lowest BCUT2D eigenvalue weighted by Gasteiger charge is -2.10. The summed E-state index contributed by atoms with van der Waals surface area (Å²) in [5, 5.41) is 9.80. The summed E-state index contributed by atoms with van der Waals surface area (Å²) in [6.45, 7) is 10.1. The van der Waals surface area contributed by atoms with Gasteiger partial charge in [0.2, 0.25) is 0 Å². The zero-order valence-corrected chi connectivity index (χ0v) is 21.9. The van der Waals surface area contributed by atoms with Crippen molar-refractivity contribution in [1.82, 2.24) is 30.4 Å². The smallest absolute Gasteiger partial charge is 0.315 e. The molecule has 198 valence electrons.